The van der Waals surface area contributed by atoms with Gasteiger partial charge >= 0.3 is 11.9 Å². The van der Waals surface area contributed by atoms with E-state index in [0.717, 1.165) is 0 Å². The molecule has 12 heteroatoms. The van der Waals surface area contributed by atoms with Crippen molar-refractivity contribution in [2.75, 3.05) is 6.54 Å². The Morgan fingerprint density at radius 1 is 0.829 bits per heavy atom. The molecule has 0 bridgehead atoms. The van der Waals surface area contributed by atoms with Crippen molar-refractivity contribution in [1.29, 1.82) is 0 Å². The maximum atomic E-state index is 13.1. The van der Waals surface area contributed by atoms with Gasteiger partial charge in [-0.1, -0.05) is 34.1 Å². The highest BCUT2D eigenvalue weighted by atomic mass is 16.4. The molecule has 9 N–H and O–H groups in total. The number of carboxylic acid groups (broad SMARTS) is 2. The molecule has 0 aliphatic rings. The second-order valence-corrected chi connectivity index (χ2v) is 9.29. The molecule has 0 aromatic carbocycles. The second kappa shape index (κ2) is 16.8. The van der Waals surface area contributed by atoms with Crippen molar-refractivity contribution in [3.8, 4) is 0 Å². The first-order valence-electron chi connectivity index (χ1n) is 12.1. The minimum atomic E-state index is -1.16. The fraction of sp³-hybridized carbons (Fsp3) is 0.783. The van der Waals surface area contributed by atoms with Crippen molar-refractivity contribution in [2.45, 2.75) is 96.8 Å². The highest BCUT2D eigenvalue weighted by molar-refractivity contribution is 5.94. The largest absolute Gasteiger partial charge is 0.481 e. The molecule has 5 unspecified atom stereocenters. The number of carbonyl (C=O) groups excluding carboxylic acids is 3. The zero-order valence-corrected chi connectivity index (χ0v) is 21.2. The van der Waals surface area contributed by atoms with Crippen molar-refractivity contribution in [2.24, 2.45) is 23.3 Å². The van der Waals surface area contributed by atoms with Crippen LogP contribution in [0.4, 0.5) is 0 Å². The standard InChI is InChI=1S/C23H43N5O7/c1-5-14(4)19(23(34)35)28-22(33)17(12-13(2)3)27-21(32)16(8-6-7-11-24)26-20(31)15(25)9-10-18(29)30/h13-17,19H,5-12,24-25H2,1-4H3,(H,26,31)(H,27,32)(H,28,33)(H,29,30)(H,34,35). The molecule has 202 valence electrons. The van der Waals surface area contributed by atoms with Crippen LogP contribution >= 0.6 is 0 Å². The zero-order valence-electron chi connectivity index (χ0n) is 21.2. The molecule has 35 heavy (non-hydrogen) atoms. The molecule has 12 nitrogen and oxygen atoms in total. The number of amides is 3. The van der Waals surface area contributed by atoms with Crippen LogP contribution in [0, 0.1) is 11.8 Å². The van der Waals surface area contributed by atoms with Gasteiger partial charge in [-0.05, 0) is 50.5 Å². The van der Waals surface area contributed by atoms with Crippen molar-refractivity contribution < 1.29 is 34.2 Å². The highest BCUT2D eigenvalue weighted by Crippen LogP contribution is 2.11. The minimum absolute atomic E-state index is 0.00708. The lowest BCUT2D eigenvalue weighted by Crippen LogP contribution is -2.58. The Morgan fingerprint density at radius 2 is 1.40 bits per heavy atom. The molecule has 0 radical (unpaired) electrons. The fourth-order valence-electron chi connectivity index (χ4n) is 3.36. The summed E-state index contributed by atoms with van der Waals surface area (Å²) < 4.78 is 0. The highest BCUT2D eigenvalue weighted by Gasteiger charge is 2.32. The number of unbranched alkanes of at least 4 members (excludes halogenated alkanes) is 1. The van der Waals surface area contributed by atoms with Gasteiger partial charge in [-0.25, -0.2) is 4.79 Å². The first-order chi connectivity index (χ1) is 16.3. The molecule has 0 saturated heterocycles. The summed E-state index contributed by atoms with van der Waals surface area (Å²) in [5.41, 5.74) is 11.3. The smallest absolute Gasteiger partial charge is 0.326 e. The molecule has 0 saturated carbocycles. The third kappa shape index (κ3) is 13.1. The lowest BCUT2D eigenvalue weighted by Gasteiger charge is -2.27. The minimum Gasteiger partial charge on any atom is -0.481 e. The van der Waals surface area contributed by atoms with Gasteiger partial charge in [-0.2, -0.15) is 0 Å². The van der Waals surface area contributed by atoms with Crippen molar-refractivity contribution in [1.82, 2.24) is 16.0 Å². The molecule has 0 aliphatic carbocycles. The Hall–Kier alpha value is -2.73. The summed E-state index contributed by atoms with van der Waals surface area (Å²) in [5, 5.41) is 26.0. The number of aliphatic carboxylic acids is 2. The van der Waals surface area contributed by atoms with E-state index in [1.54, 1.807) is 6.92 Å². The summed E-state index contributed by atoms with van der Waals surface area (Å²) in [6.07, 6.45) is 1.77. The van der Waals surface area contributed by atoms with Gasteiger partial charge in [0.1, 0.15) is 18.1 Å². The van der Waals surface area contributed by atoms with Gasteiger partial charge in [-0.15, -0.1) is 0 Å². The summed E-state index contributed by atoms with van der Waals surface area (Å²) >= 11 is 0. The van der Waals surface area contributed by atoms with E-state index >= 15 is 0 Å². The maximum absolute atomic E-state index is 13.1. The van der Waals surface area contributed by atoms with Gasteiger partial charge in [0.05, 0.1) is 6.04 Å². The number of hydrogen-bond acceptors (Lipinski definition) is 7. The zero-order chi connectivity index (χ0) is 27.1. The molecule has 0 spiro atoms. The van der Waals surface area contributed by atoms with E-state index < -0.39 is 53.8 Å². The lowest BCUT2D eigenvalue weighted by molar-refractivity contribution is -0.144. The van der Waals surface area contributed by atoms with Gasteiger partial charge in [0.2, 0.25) is 17.7 Å². The molecule has 0 heterocycles. The van der Waals surface area contributed by atoms with Crippen LogP contribution in [0.15, 0.2) is 0 Å². The van der Waals surface area contributed by atoms with Crippen molar-refractivity contribution >= 4 is 29.7 Å². The lowest BCUT2D eigenvalue weighted by atomic mass is 9.97. The Morgan fingerprint density at radius 3 is 1.89 bits per heavy atom. The van der Waals surface area contributed by atoms with Crippen LogP contribution < -0.4 is 27.4 Å². The fourth-order valence-corrected chi connectivity index (χ4v) is 3.36. The van der Waals surface area contributed by atoms with E-state index in [1.807, 2.05) is 20.8 Å². The number of carboxylic acids is 2. The molecule has 0 aromatic rings. The molecular weight excluding hydrogens is 458 g/mol. The van der Waals surface area contributed by atoms with E-state index in [2.05, 4.69) is 16.0 Å². The van der Waals surface area contributed by atoms with Crippen molar-refractivity contribution in [3.05, 3.63) is 0 Å². The Bertz CT molecular complexity index is 716. The number of hydrogen-bond donors (Lipinski definition) is 7. The monoisotopic (exact) mass is 501 g/mol. The first kappa shape index (κ1) is 32.3. The summed E-state index contributed by atoms with van der Waals surface area (Å²) in [6.45, 7) is 7.64. The average molecular weight is 502 g/mol. The Labute approximate surface area is 206 Å². The SMILES string of the molecule is CCC(C)C(NC(=O)C(CC(C)C)NC(=O)C(CCCCN)NC(=O)C(N)CCC(=O)O)C(=O)O. The molecule has 0 fully saturated rings. The summed E-state index contributed by atoms with van der Waals surface area (Å²) in [5.74, 6) is -4.47. The Balaban J connectivity index is 5.53. The number of rotatable bonds is 18. The predicted octanol–water partition coefficient (Wildman–Crippen LogP) is -0.0613. The van der Waals surface area contributed by atoms with Crippen molar-refractivity contribution in [3.63, 3.8) is 0 Å². The maximum Gasteiger partial charge on any atom is 0.326 e. The molecule has 3 amide bonds. The third-order valence-corrected chi connectivity index (χ3v) is 5.70. The predicted molar refractivity (Wildman–Crippen MR) is 130 cm³/mol. The van der Waals surface area contributed by atoms with Crippen LogP contribution in [0.1, 0.15) is 72.6 Å². The van der Waals surface area contributed by atoms with E-state index in [9.17, 15) is 29.1 Å². The summed E-state index contributed by atoms with van der Waals surface area (Å²) in [4.78, 5) is 60.8. The van der Waals surface area contributed by atoms with Gasteiger partial charge in [0, 0.05) is 6.42 Å². The number of nitrogens with two attached hydrogens (primary N) is 2. The molecular formula is C23H43N5O7. The first-order valence-corrected chi connectivity index (χ1v) is 12.1. The van der Waals surface area contributed by atoms with Gasteiger partial charge in [-0.3, -0.25) is 19.2 Å². The average Bonchev–Trinajstić information content (AvgIpc) is 2.78. The van der Waals surface area contributed by atoms with Gasteiger partial charge in [0.15, 0.2) is 0 Å². The van der Waals surface area contributed by atoms with E-state index in [-0.39, 0.29) is 37.5 Å². The van der Waals surface area contributed by atoms with Crippen LogP contribution in [-0.2, 0) is 24.0 Å². The Kier molecular flexibility index (Phi) is 15.5. The normalized spacial score (nSPS) is 15.4. The summed E-state index contributed by atoms with van der Waals surface area (Å²) in [6, 6.07) is -4.25. The van der Waals surface area contributed by atoms with Gasteiger partial charge < -0.3 is 37.6 Å². The van der Waals surface area contributed by atoms with E-state index in [4.69, 9.17) is 16.6 Å². The molecule has 0 aromatic heterocycles. The van der Waals surface area contributed by atoms with Crippen LogP contribution in [0.25, 0.3) is 0 Å². The second-order valence-electron chi connectivity index (χ2n) is 9.29. The van der Waals surface area contributed by atoms with Crippen LogP contribution in [0.3, 0.4) is 0 Å². The number of nitrogens with one attached hydrogen (secondary N) is 3. The summed E-state index contributed by atoms with van der Waals surface area (Å²) in [7, 11) is 0. The molecule has 0 aliphatic heterocycles. The number of carbonyl (C=O) groups is 5. The molecule has 5 atom stereocenters. The van der Waals surface area contributed by atoms with Crippen LogP contribution in [0.2, 0.25) is 0 Å². The van der Waals surface area contributed by atoms with Crippen LogP contribution in [0.5, 0.6) is 0 Å². The van der Waals surface area contributed by atoms with E-state index in [1.165, 1.54) is 0 Å². The quantitative estimate of drug-likeness (QED) is 0.125. The molecule has 0 rings (SSSR count). The van der Waals surface area contributed by atoms with E-state index in [0.29, 0.717) is 25.8 Å². The van der Waals surface area contributed by atoms with Crippen LogP contribution in [-0.4, -0.2) is 70.6 Å². The van der Waals surface area contributed by atoms with Gasteiger partial charge in [0.25, 0.3) is 0 Å². The third-order valence-electron chi connectivity index (χ3n) is 5.70. The topological polar surface area (TPSA) is 214 Å².